The molecule has 1 saturated heterocycles. The molecule has 2 rings (SSSR count). The second-order valence-corrected chi connectivity index (χ2v) is 3.51. The highest BCUT2D eigenvalue weighted by molar-refractivity contribution is 5.89. The van der Waals surface area contributed by atoms with Crippen LogP contribution in [0.4, 0.5) is 0 Å². The molecule has 0 spiro atoms. The fraction of sp³-hybridized carbons (Fsp3) is 0.364. The number of rotatable bonds is 2. The monoisotopic (exact) mass is 190 g/mol. The molecule has 0 radical (unpaired) electrons. The molecule has 3 nitrogen and oxygen atoms in total. The van der Waals surface area contributed by atoms with Gasteiger partial charge in [0.25, 0.3) is 0 Å². The summed E-state index contributed by atoms with van der Waals surface area (Å²) in [5.74, 6) is 0.0568. The van der Waals surface area contributed by atoms with Gasteiger partial charge in [0, 0.05) is 6.54 Å². The number of carbonyl (C=O) groups excluding carboxylic acids is 1. The Morgan fingerprint density at radius 2 is 2.00 bits per heavy atom. The Bertz CT molecular complexity index is 336. The van der Waals surface area contributed by atoms with Crippen LogP contribution in [0.2, 0.25) is 0 Å². The van der Waals surface area contributed by atoms with Crippen molar-refractivity contribution < 1.29 is 4.79 Å². The summed E-state index contributed by atoms with van der Waals surface area (Å²) in [5.41, 5.74) is 6.90. The zero-order valence-corrected chi connectivity index (χ0v) is 8.18. The summed E-state index contributed by atoms with van der Waals surface area (Å²) in [6, 6.07) is 9.66. The molecule has 2 atom stereocenters. The summed E-state index contributed by atoms with van der Waals surface area (Å²) in [6.07, 6.45) is 0. The molecule has 1 aliphatic heterocycles. The molecule has 0 bridgehead atoms. The van der Waals surface area contributed by atoms with Crippen molar-refractivity contribution >= 4 is 5.91 Å². The van der Waals surface area contributed by atoms with Crippen molar-refractivity contribution in [3.05, 3.63) is 35.9 Å². The van der Waals surface area contributed by atoms with Crippen molar-refractivity contribution in [2.24, 2.45) is 5.73 Å². The van der Waals surface area contributed by atoms with Gasteiger partial charge in [-0.25, -0.2) is 0 Å². The van der Waals surface area contributed by atoms with E-state index in [4.69, 9.17) is 5.73 Å². The molecule has 74 valence electrons. The quantitative estimate of drug-likeness (QED) is 0.705. The maximum Gasteiger partial charge on any atom is 0.242 e. The highest BCUT2D eigenvalue weighted by Gasteiger charge is 2.44. The number of nitrogens with zero attached hydrogens (tertiary/aromatic N) is 1. The minimum atomic E-state index is -0.350. The van der Waals surface area contributed by atoms with Crippen molar-refractivity contribution in [2.45, 2.75) is 19.0 Å². The first kappa shape index (κ1) is 9.21. The summed E-state index contributed by atoms with van der Waals surface area (Å²) < 4.78 is 0. The third-order valence-corrected chi connectivity index (χ3v) is 2.73. The van der Waals surface area contributed by atoms with Gasteiger partial charge in [-0.1, -0.05) is 30.3 Å². The molecular weight excluding hydrogens is 176 g/mol. The second kappa shape index (κ2) is 3.42. The smallest absolute Gasteiger partial charge is 0.242 e. The van der Waals surface area contributed by atoms with Crippen LogP contribution in [0, 0.1) is 0 Å². The summed E-state index contributed by atoms with van der Waals surface area (Å²) in [7, 11) is 0. The lowest BCUT2D eigenvalue weighted by Crippen LogP contribution is -2.62. The molecule has 1 fully saturated rings. The van der Waals surface area contributed by atoms with Crippen molar-refractivity contribution in [3.63, 3.8) is 0 Å². The van der Waals surface area contributed by atoms with E-state index < -0.39 is 0 Å². The fourth-order valence-corrected chi connectivity index (χ4v) is 1.97. The van der Waals surface area contributed by atoms with E-state index in [-0.39, 0.29) is 18.0 Å². The molecular formula is C11H14N2O. The van der Waals surface area contributed by atoms with Crippen molar-refractivity contribution in [2.75, 3.05) is 6.54 Å². The van der Waals surface area contributed by atoms with Crippen LogP contribution in [0.15, 0.2) is 30.3 Å². The summed E-state index contributed by atoms with van der Waals surface area (Å²) in [6.45, 7) is 2.70. The molecule has 1 heterocycles. The average molecular weight is 190 g/mol. The third kappa shape index (κ3) is 1.21. The van der Waals surface area contributed by atoms with Gasteiger partial charge in [0.1, 0.15) is 6.04 Å². The Labute approximate surface area is 83.5 Å². The van der Waals surface area contributed by atoms with E-state index in [1.165, 1.54) is 0 Å². The topological polar surface area (TPSA) is 46.3 Å². The number of benzene rings is 1. The predicted octanol–water partition coefficient (Wildman–Crippen LogP) is 0.917. The molecule has 0 aromatic heterocycles. The van der Waals surface area contributed by atoms with Gasteiger partial charge in [-0.2, -0.15) is 0 Å². The maximum atomic E-state index is 11.4. The highest BCUT2D eigenvalue weighted by atomic mass is 16.2. The number of β-lactam (4-membered cyclic amide) rings is 1. The van der Waals surface area contributed by atoms with E-state index in [9.17, 15) is 4.79 Å². The standard InChI is InChI=1S/C11H14N2O/c1-2-13-10(9(12)11(13)14)8-6-4-3-5-7-8/h3-7,9-10H,2,12H2,1H3/t9-,10+/m1/s1. The molecule has 1 amide bonds. The molecule has 1 aromatic carbocycles. The third-order valence-electron chi connectivity index (χ3n) is 2.73. The number of likely N-dealkylation sites (tertiary alicyclic amines) is 1. The van der Waals surface area contributed by atoms with Gasteiger partial charge in [-0.3, -0.25) is 4.79 Å². The Hall–Kier alpha value is -1.35. The number of carbonyl (C=O) groups is 1. The zero-order chi connectivity index (χ0) is 10.1. The molecule has 0 unspecified atom stereocenters. The second-order valence-electron chi connectivity index (χ2n) is 3.51. The Morgan fingerprint density at radius 3 is 2.57 bits per heavy atom. The van der Waals surface area contributed by atoms with Crippen molar-refractivity contribution in [1.29, 1.82) is 0 Å². The summed E-state index contributed by atoms with van der Waals surface area (Å²) >= 11 is 0. The SMILES string of the molecule is CCN1C(=O)[C@H](N)[C@@H]1c1ccccc1. The molecule has 1 aromatic rings. The van der Waals surface area contributed by atoms with Crippen molar-refractivity contribution in [1.82, 2.24) is 4.90 Å². The van der Waals surface area contributed by atoms with Gasteiger partial charge in [-0.05, 0) is 12.5 Å². The van der Waals surface area contributed by atoms with Crippen LogP contribution >= 0.6 is 0 Å². The summed E-state index contributed by atoms with van der Waals surface area (Å²) in [4.78, 5) is 13.2. The van der Waals surface area contributed by atoms with Gasteiger partial charge >= 0.3 is 0 Å². The lowest BCUT2D eigenvalue weighted by atomic mass is 9.89. The van der Waals surface area contributed by atoms with Crippen molar-refractivity contribution in [3.8, 4) is 0 Å². The number of nitrogens with two attached hydrogens (primary N) is 1. The lowest BCUT2D eigenvalue weighted by Gasteiger charge is -2.45. The first-order chi connectivity index (χ1) is 6.75. The average Bonchev–Trinajstić information content (AvgIpc) is 2.25. The minimum Gasteiger partial charge on any atom is -0.332 e. The zero-order valence-electron chi connectivity index (χ0n) is 8.18. The Balaban J connectivity index is 2.23. The Morgan fingerprint density at radius 1 is 1.36 bits per heavy atom. The van der Waals surface area contributed by atoms with Gasteiger partial charge in [0.2, 0.25) is 5.91 Å². The maximum absolute atomic E-state index is 11.4. The molecule has 2 N–H and O–H groups in total. The van der Waals surface area contributed by atoms with Crippen LogP contribution in [-0.4, -0.2) is 23.4 Å². The van der Waals surface area contributed by atoms with Gasteiger partial charge in [0.15, 0.2) is 0 Å². The van der Waals surface area contributed by atoms with Crippen LogP contribution in [-0.2, 0) is 4.79 Å². The van der Waals surface area contributed by atoms with Gasteiger partial charge < -0.3 is 10.6 Å². The largest absolute Gasteiger partial charge is 0.332 e. The summed E-state index contributed by atoms with van der Waals surface area (Å²) in [5, 5.41) is 0. The van der Waals surface area contributed by atoms with E-state index in [0.29, 0.717) is 0 Å². The molecule has 0 saturated carbocycles. The van der Waals surface area contributed by atoms with E-state index in [0.717, 1.165) is 12.1 Å². The molecule has 14 heavy (non-hydrogen) atoms. The highest BCUT2D eigenvalue weighted by Crippen LogP contribution is 2.32. The van der Waals surface area contributed by atoms with Crippen LogP contribution in [0.3, 0.4) is 0 Å². The number of hydrogen-bond acceptors (Lipinski definition) is 2. The van der Waals surface area contributed by atoms with Crippen LogP contribution < -0.4 is 5.73 Å². The van der Waals surface area contributed by atoms with Crippen LogP contribution in [0.1, 0.15) is 18.5 Å². The normalized spacial score (nSPS) is 26.1. The van der Waals surface area contributed by atoms with E-state index in [1.54, 1.807) is 4.90 Å². The lowest BCUT2D eigenvalue weighted by molar-refractivity contribution is -0.149. The Kier molecular flexibility index (Phi) is 2.25. The molecule has 1 aliphatic rings. The van der Waals surface area contributed by atoms with Crippen LogP contribution in [0.5, 0.6) is 0 Å². The number of hydrogen-bond donors (Lipinski definition) is 1. The predicted molar refractivity (Wildman–Crippen MR) is 54.5 cm³/mol. The van der Waals surface area contributed by atoms with E-state index >= 15 is 0 Å². The van der Waals surface area contributed by atoms with Gasteiger partial charge in [0.05, 0.1) is 6.04 Å². The first-order valence-corrected chi connectivity index (χ1v) is 4.86. The van der Waals surface area contributed by atoms with E-state index in [1.807, 2.05) is 37.3 Å². The molecule has 0 aliphatic carbocycles. The first-order valence-electron chi connectivity index (χ1n) is 4.86. The minimum absolute atomic E-state index is 0.0568. The van der Waals surface area contributed by atoms with Crippen LogP contribution in [0.25, 0.3) is 0 Å². The number of likely N-dealkylation sites (N-methyl/N-ethyl adjacent to an activating group) is 1. The molecule has 3 heteroatoms. The van der Waals surface area contributed by atoms with Gasteiger partial charge in [-0.15, -0.1) is 0 Å². The number of amides is 1. The fourth-order valence-electron chi connectivity index (χ4n) is 1.97. The van der Waals surface area contributed by atoms with E-state index in [2.05, 4.69) is 0 Å².